The first-order chi connectivity index (χ1) is 5.22. The van der Waals surface area contributed by atoms with Crippen LogP contribution in [0.25, 0.3) is 0 Å². The van der Waals surface area contributed by atoms with Crippen LogP contribution in [0.1, 0.15) is 19.8 Å². The van der Waals surface area contributed by atoms with Gasteiger partial charge in [0.25, 0.3) is 0 Å². The normalized spacial score (nSPS) is 26.5. The summed E-state index contributed by atoms with van der Waals surface area (Å²) in [6.07, 6.45) is 1.06. The van der Waals surface area contributed by atoms with Crippen molar-refractivity contribution in [1.29, 1.82) is 0 Å². The number of halogens is 1. The fourth-order valence-electron chi connectivity index (χ4n) is 1.59. The minimum atomic E-state index is -0.808. The summed E-state index contributed by atoms with van der Waals surface area (Å²) in [6, 6.07) is -0.307. The van der Waals surface area contributed by atoms with Gasteiger partial charge in [0, 0.05) is 6.04 Å². The third kappa shape index (κ3) is 2.42. The summed E-state index contributed by atoms with van der Waals surface area (Å²) in [5.41, 5.74) is 5.47. The predicted molar refractivity (Wildman–Crippen MR) is 44.1 cm³/mol. The van der Waals surface area contributed by atoms with Crippen molar-refractivity contribution in [1.82, 2.24) is 5.32 Å². The molecule has 3 heteroatoms. The van der Waals surface area contributed by atoms with E-state index in [1.165, 1.54) is 0 Å². The maximum Gasteiger partial charge on any atom is 0.118 e. The zero-order valence-electron chi connectivity index (χ0n) is 7.02. The van der Waals surface area contributed by atoms with Crippen molar-refractivity contribution in [2.45, 2.75) is 32.0 Å². The maximum atomic E-state index is 13.3. The third-order valence-corrected chi connectivity index (χ3v) is 2.34. The molecular formula is C8H17FN2. The summed E-state index contributed by atoms with van der Waals surface area (Å²) < 4.78 is 13.3. The lowest BCUT2D eigenvalue weighted by molar-refractivity contribution is 0.164. The molecule has 0 aromatic heterocycles. The highest BCUT2D eigenvalue weighted by Gasteiger charge is 2.25. The average Bonchev–Trinajstić information content (AvgIpc) is 2.05. The summed E-state index contributed by atoms with van der Waals surface area (Å²) in [6.45, 7) is 3.63. The fraction of sp³-hybridized carbons (Fsp3) is 1.00. The van der Waals surface area contributed by atoms with Crippen LogP contribution in [0.3, 0.4) is 0 Å². The van der Waals surface area contributed by atoms with Gasteiger partial charge >= 0.3 is 0 Å². The van der Waals surface area contributed by atoms with Crippen LogP contribution < -0.4 is 11.1 Å². The van der Waals surface area contributed by atoms with Crippen LogP contribution in [0, 0.1) is 5.92 Å². The highest BCUT2D eigenvalue weighted by molar-refractivity contribution is 4.80. The van der Waals surface area contributed by atoms with Gasteiger partial charge in [0.1, 0.15) is 6.17 Å². The van der Waals surface area contributed by atoms with Crippen LogP contribution >= 0.6 is 0 Å². The van der Waals surface area contributed by atoms with Crippen molar-refractivity contribution in [3.63, 3.8) is 0 Å². The van der Waals surface area contributed by atoms with Crippen LogP contribution in [-0.2, 0) is 0 Å². The van der Waals surface area contributed by atoms with Crippen LogP contribution in [0.2, 0.25) is 0 Å². The molecule has 11 heavy (non-hydrogen) atoms. The molecule has 1 saturated heterocycles. The number of nitrogens with two attached hydrogens (primary N) is 1. The highest BCUT2D eigenvalue weighted by Crippen LogP contribution is 2.20. The van der Waals surface area contributed by atoms with Crippen LogP contribution in [0.4, 0.5) is 4.39 Å². The number of rotatable bonds is 2. The first-order valence-corrected chi connectivity index (χ1v) is 4.32. The topological polar surface area (TPSA) is 38.0 Å². The second kappa shape index (κ2) is 4.02. The van der Waals surface area contributed by atoms with Crippen molar-refractivity contribution in [3.05, 3.63) is 0 Å². The SMILES string of the molecule is CC(N)C(F)C1CCNCC1. The lowest BCUT2D eigenvalue weighted by atomic mass is 9.90. The van der Waals surface area contributed by atoms with Crippen molar-refractivity contribution in [2.24, 2.45) is 11.7 Å². The Morgan fingerprint density at radius 3 is 2.45 bits per heavy atom. The van der Waals surface area contributed by atoms with Gasteiger partial charge in [0.05, 0.1) is 0 Å². The number of hydrogen-bond acceptors (Lipinski definition) is 2. The lowest BCUT2D eigenvalue weighted by Crippen LogP contribution is -2.40. The van der Waals surface area contributed by atoms with Gasteiger partial charge in [-0.25, -0.2) is 4.39 Å². The van der Waals surface area contributed by atoms with Crippen molar-refractivity contribution >= 4 is 0 Å². The Balaban J connectivity index is 2.32. The molecule has 0 aromatic rings. The van der Waals surface area contributed by atoms with E-state index >= 15 is 0 Å². The van der Waals surface area contributed by atoms with E-state index in [-0.39, 0.29) is 12.0 Å². The maximum absolute atomic E-state index is 13.3. The van der Waals surface area contributed by atoms with Crippen LogP contribution in [0.15, 0.2) is 0 Å². The highest BCUT2D eigenvalue weighted by atomic mass is 19.1. The summed E-state index contributed by atoms with van der Waals surface area (Å²) in [7, 11) is 0. The first kappa shape index (κ1) is 8.94. The molecule has 66 valence electrons. The molecule has 1 heterocycles. The minimum Gasteiger partial charge on any atom is -0.325 e. The van der Waals surface area contributed by atoms with Gasteiger partial charge < -0.3 is 11.1 Å². The molecule has 0 aliphatic carbocycles. The molecule has 1 aliphatic heterocycles. The lowest BCUT2D eigenvalue weighted by Gasteiger charge is -2.27. The number of piperidine rings is 1. The van der Waals surface area contributed by atoms with E-state index in [0.29, 0.717) is 0 Å². The van der Waals surface area contributed by atoms with Crippen molar-refractivity contribution in [3.8, 4) is 0 Å². The smallest absolute Gasteiger partial charge is 0.118 e. The number of hydrogen-bond donors (Lipinski definition) is 2. The first-order valence-electron chi connectivity index (χ1n) is 4.32. The van der Waals surface area contributed by atoms with E-state index in [1.807, 2.05) is 0 Å². The standard InChI is InChI=1S/C8H17FN2/c1-6(10)8(9)7-2-4-11-5-3-7/h6-8,11H,2-5,10H2,1H3. The quantitative estimate of drug-likeness (QED) is 0.623. The summed E-state index contributed by atoms with van der Waals surface area (Å²) >= 11 is 0. The van der Waals surface area contributed by atoms with E-state index in [0.717, 1.165) is 25.9 Å². The number of alkyl halides is 1. The molecule has 1 aliphatic rings. The van der Waals surface area contributed by atoms with Crippen LogP contribution in [-0.4, -0.2) is 25.3 Å². The molecule has 0 bridgehead atoms. The van der Waals surface area contributed by atoms with Crippen LogP contribution in [0.5, 0.6) is 0 Å². The predicted octanol–water partition coefficient (Wildman–Crippen LogP) is 0.671. The molecule has 0 spiro atoms. The van der Waals surface area contributed by atoms with Crippen molar-refractivity contribution in [2.75, 3.05) is 13.1 Å². The van der Waals surface area contributed by atoms with Crippen molar-refractivity contribution < 1.29 is 4.39 Å². The molecule has 2 atom stereocenters. The third-order valence-electron chi connectivity index (χ3n) is 2.34. The van der Waals surface area contributed by atoms with Gasteiger partial charge in [-0.05, 0) is 38.8 Å². The zero-order valence-corrected chi connectivity index (χ0v) is 7.02. The fourth-order valence-corrected chi connectivity index (χ4v) is 1.59. The molecule has 1 rings (SSSR count). The second-order valence-corrected chi connectivity index (χ2v) is 3.39. The van der Waals surface area contributed by atoms with Gasteiger partial charge in [-0.15, -0.1) is 0 Å². The van der Waals surface area contributed by atoms with E-state index < -0.39 is 6.17 Å². The Hall–Kier alpha value is -0.150. The Bertz CT molecular complexity index is 111. The molecule has 0 aromatic carbocycles. The second-order valence-electron chi connectivity index (χ2n) is 3.39. The van der Waals surface area contributed by atoms with Gasteiger partial charge in [0.2, 0.25) is 0 Å². The Labute approximate surface area is 67.3 Å². The van der Waals surface area contributed by atoms with Gasteiger partial charge in [0.15, 0.2) is 0 Å². The molecular weight excluding hydrogens is 143 g/mol. The van der Waals surface area contributed by atoms with E-state index in [1.54, 1.807) is 6.92 Å². The summed E-state index contributed by atoms with van der Waals surface area (Å²) in [5.74, 6) is 0.191. The Kier molecular flexibility index (Phi) is 3.27. The zero-order chi connectivity index (χ0) is 8.27. The average molecular weight is 160 g/mol. The van der Waals surface area contributed by atoms with Gasteiger partial charge in [-0.1, -0.05) is 0 Å². The summed E-state index contributed by atoms with van der Waals surface area (Å²) in [5, 5.41) is 3.20. The molecule has 3 N–H and O–H groups in total. The van der Waals surface area contributed by atoms with Gasteiger partial charge in [-0.2, -0.15) is 0 Å². The molecule has 2 nitrogen and oxygen atoms in total. The molecule has 2 unspecified atom stereocenters. The Morgan fingerprint density at radius 1 is 1.45 bits per heavy atom. The number of nitrogens with one attached hydrogen (secondary N) is 1. The monoisotopic (exact) mass is 160 g/mol. The molecule has 1 fully saturated rings. The molecule has 0 saturated carbocycles. The molecule has 0 radical (unpaired) electrons. The van der Waals surface area contributed by atoms with Gasteiger partial charge in [-0.3, -0.25) is 0 Å². The largest absolute Gasteiger partial charge is 0.325 e. The molecule has 0 amide bonds. The minimum absolute atomic E-state index is 0.191. The van der Waals surface area contributed by atoms with E-state index in [4.69, 9.17) is 5.73 Å². The van der Waals surface area contributed by atoms with E-state index in [9.17, 15) is 4.39 Å². The van der Waals surface area contributed by atoms with E-state index in [2.05, 4.69) is 5.32 Å². The summed E-state index contributed by atoms with van der Waals surface area (Å²) in [4.78, 5) is 0. The Morgan fingerprint density at radius 2 is 2.00 bits per heavy atom.